The van der Waals surface area contributed by atoms with Crippen LogP contribution in [0.2, 0.25) is 0 Å². The van der Waals surface area contributed by atoms with E-state index in [0.29, 0.717) is 19.0 Å². The molecule has 1 fully saturated rings. The first-order valence-corrected chi connectivity index (χ1v) is 5.74. The maximum Gasteiger partial charge on any atom is 0.315 e. The monoisotopic (exact) mass is 209 g/mol. The molecule has 0 aromatic heterocycles. The third-order valence-electron chi connectivity index (χ3n) is 2.69. The Hall–Kier alpha value is -1.24. The molecule has 2 amide bonds. The number of carbonyl (C=O) groups excluding carboxylic acids is 1. The molecule has 0 aromatic carbocycles. The summed E-state index contributed by atoms with van der Waals surface area (Å²) in [7, 11) is 0. The lowest BCUT2D eigenvalue weighted by molar-refractivity contribution is 0.232. The Morgan fingerprint density at radius 1 is 1.33 bits per heavy atom. The van der Waals surface area contributed by atoms with Crippen LogP contribution < -0.4 is 10.6 Å². The summed E-state index contributed by atoms with van der Waals surface area (Å²) in [5, 5.41) is 14.0. The summed E-state index contributed by atoms with van der Waals surface area (Å²) in [5.41, 5.74) is 0. The fourth-order valence-electron chi connectivity index (χ4n) is 1.85. The zero-order valence-corrected chi connectivity index (χ0v) is 9.09. The summed E-state index contributed by atoms with van der Waals surface area (Å²) in [5.74, 6) is 0. The fourth-order valence-corrected chi connectivity index (χ4v) is 1.85. The van der Waals surface area contributed by atoms with E-state index in [9.17, 15) is 4.79 Å². The van der Waals surface area contributed by atoms with Crippen LogP contribution >= 0.6 is 0 Å². The first kappa shape index (κ1) is 11.8. The SMILES string of the molecule is N#CCCCNC(=O)NC1CCCCC1. The molecule has 0 heterocycles. The molecule has 0 aliphatic heterocycles. The van der Waals surface area contributed by atoms with Gasteiger partial charge in [0.2, 0.25) is 0 Å². The summed E-state index contributed by atoms with van der Waals surface area (Å²) in [6, 6.07) is 2.32. The van der Waals surface area contributed by atoms with Gasteiger partial charge < -0.3 is 10.6 Å². The molecule has 1 rings (SSSR count). The van der Waals surface area contributed by atoms with Gasteiger partial charge in [-0.25, -0.2) is 4.79 Å². The standard InChI is InChI=1S/C11H19N3O/c12-8-4-5-9-13-11(15)14-10-6-2-1-3-7-10/h10H,1-7,9H2,(H2,13,14,15). The van der Waals surface area contributed by atoms with Crippen LogP contribution in [0.1, 0.15) is 44.9 Å². The van der Waals surface area contributed by atoms with Gasteiger partial charge in [-0.05, 0) is 19.3 Å². The number of nitrogens with one attached hydrogen (secondary N) is 2. The van der Waals surface area contributed by atoms with Crippen LogP contribution in [0.5, 0.6) is 0 Å². The van der Waals surface area contributed by atoms with Crippen molar-refractivity contribution in [1.82, 2.24) is 10.6 Å². The predicted molar refractivity (Wildman–Crippen MR) is 58.3 cm³/mol. The second-order valence-electron chi connectivity index (χ2n) is 4.00. The van der Waals surface area contributed by atoms with Crippen molar-refractivity contribution in [3.63, 3.8) is 0 Å². The average molecular weight is 209 g/mol. The van der Waals surface area contributed by atoms with Crippen molar-refractivity contribution in [3.05, 3.63) is 0 Å². The average Bonchev–Trinajstić information content (AvgIpc) is 2.26. The van der Waals surface area contributed by atoms with Crippen molar-refractivity contribution >= 4 is 6.03 Å². The van der Waals surface area contributed by atoms with Gasteiger partial charge in [-0.2, -0.15) is 5.26 Å². The van der Waals surface area contributed by atoms with Gasteiger partial charge >= 0.3 is 6.03 Å². The Labute approximate surface area is 91.0 Å². The Balaban J connectivity index is 2.04. The van der Waals surface area contributed by atoms with Gasteiger partial charge in [0.05, 0.1) is 6.07 Å². The Bertz CT molecular complexity index is 228. The van der Waals surface area contributed by atoms with Crippen molar-refractivity contribution in [1.29, 1.82) is 5.26 Å². The van der Waals surface area contributed by atoms with Gasteiger partial charge in [-0.1, -0.05) is 19.3 Å². The Morgan fingerprint density at radius 2 is 2.07 bits per heavy atom. The number of unbranched alkanes of at least 4 members (excludes halogenated alkanes) is 1. The first-order chi connectivity index (χ1) is 7.33. The third-order valence-corrected chi connectivity index (χ3v) is 2.69. The second kappa shape index (κ2) is 7.10. The molecule has 1 saturated carbocycles. The van der Waals surface area contributed by atoms with E-state index in [1.54, 1.807) is 0 Å². The molecular weight excluding hydrogens is 190 g/mol. The fraction of sp³-hybridized carbons (Fsp3) is 0.818. The number of hydrogen-bond acceptors (Lipinski definition) is 2. The smallest absolute Gasteiger partial charge is 0.315 e. The molecular formula is C11H19N3O. The van der Waals surface area contributed by atoms with Crippen molar-refractivity contribution in [3.8, 4) is 6.07 Å². The number of amides is 2. The molecule has 0 radical (unpaired) electrons. The maximum absolute atomic E-state index is 11.4. The number of nitrogens with zero attached hydrogens (tertiary/aromatic N) is 1. The number of nitriles is 1. The quantitative estimate of drug-likeness (QED) is 0.695. The predicted octanol–water partition coefficient (Wildman–Crippen LogP) is 1.92. The highest BCUT2D eigenvalue weighted by atomic mass is 16.2. The minimum atomic E-state index is -0.0835. The van der Waals surface area contributed by atoms with Crippen molar-refractivity contribution in [2.24, 2.45) is 0 Å². The van der Waals surface area contributed by atoms with E-state index in [1.807, 2.05) is 0 Å². The van der Waals surface area contributed by atoms with E-state index >= 15 is 0 Å². The van der Waals surface area contributed by atoms with Crippen LogP contribution in [-0.2, 0) is 0 Å². The Morgan fingerprint density at radius 3 is 2.73 bits per heavy atom. The van der Waals surface area contributed by atoms with Crippen LogP contribution in [0.4, 0.5) is 4.79 Å². The number of rotatable bonds is 4. The highest BCUT2D eigenvalue weighted by Gasteiger charge is 2.14. The third kappa shape index (κ3) is 5.26. The van der Waals surface area contributed by atoms with Crippen LogP contribution in [0.15, 0.2) is 0 Å². The summed E-state index contributed by atoms with van der Waals surface area (Å²) in [6.07, 6.45) is 7.18. The van der Waals surface area contributed by atoms with Crippen molar-refractivity contribution in [2.75, 3.05) is 6.54 Å². The normalized spacial score (nSPS) is 16.7. The van der Waals surface area contributed by atoms with Crippen LogP contribution in [0.25, 0.3) is 0 Å². The zero-order chi connectivity index (χ0) is 10.9. The molecule has 0 unspecified atom stereocenters. The summed E-state index contributed by atoms with van der Waals surface area (Å²) >= 11 is 0. The van der Waals surface area contributed by atoms with E-state index in [0.717, 1.165) is 19.3 Å². The van der Waals surface area contributed by atoms with E-state index in [2.05, 4.69) is 16.7 Å². The summed E-state index contributed by atoms with van der Waals surface area (Å²) < 4.78 is 0. The van der Waals surface area contributed by atoms with Crippen LogP contribution in [-0.4, -0.2) is 18.6 Å². The largest absolute Gasteiger partial charge is 0.338 e. The van der Waals surface area contributed by atoms with E-state index in [1.165, 1.54) is 19.3 Å². The minimum Gasteiger partial charge on any atom is -0.338 e. The minimum absolute atomic E-state index is 0.0835. The molecule has 2 N–H and O–H groups in total. The van der Waals surface area contributed by atoms with Crippen molar-refractivity contribution < 1.29 is 4.79 Å². The van der Waals surface area contributed by atoms with Gasteiger partial charge in [0.15, 0.2) is 0 Å². The summed E-state index contributed by atoms with van der Waals surface area (Å²) in [4.78, 5) is 11.4. The molecule has 0 saturated heterocycles. The number of carbonyl (C=O) groups is 1. The topological polar surface area (TPSA) is 64.9 Å². The van der Waals surface area contributed by atoms with Gasteiger partial charge in [-0.15, -0.1) is 0 Å². The molecule has 4 heteroatoms. The number of urea groups is 1. The first-order valence-electron chi connectivity index (χ1n) is 5.74. The number of hydrogen-bond donors (Lipinski definition) is 2. The molecule has 1 aliphatic carbocycles. The molecule has 0 aromatic rings. The summed E-state index contributed by atoms with van der Waals surface area (Å²) in [6.45, 7) is 0.589. The molecule has 0 atom stereocenters. The van der Waals surface area contributed by atoms with E-state index in [4.69, 9.17) is 5.26 Å². The molecule has 0 spiro atoms. The van der Waals surface area contributed by atoms with Gasteiger partial charge in [0.1, 0.15) is 0 Å². The molecule has 1 aliphatic rings. The maximum atomic E-state index is 11.4. The zero-order valence-electron chi connectivity index (χ0n) is 9.09. The lowest BCUT2D eigenvalue weighted by Gasteiger charge is -2.22. The highest BCUT2D eigenvalue weighted by molar-refractivity contribution is 5.74. The van der Waals surface area contributed by atoms with Crippen LogP contribution in [0, 0.1) is 11.3 Å². The van der Waals surface area contributed by atoms with E-state index < -0.39 is 0 Å². The highest BCUT2D eigenvalue weighted by Crippen LogP contribution is 2.16. The Kier molecular flexibility index (Phi) is 5.60. The molecule has 84 valence electrons. The lowest BCUT2D eigenvalue weighted by atomic mass is 9.96. The van der Waals surface area contributed by atoms with Crippen LogP contribution in [0.3, 0.4) is 0 Å². The van der Waals surface area contributed by atoms with Gasteiger partial charge in [0, 0.05) is 19.0 Å². The van der Waals surface area contributed by atoms with Crippen molar-refractivity contribution in [2.45, 2.75) is 51.0 Å². The lowest BCUT2D eigenvalue weighted by Crippen LogP contribution is -2.43. The molecule has 0 bridgehead atoms. The van der Waals surface area contributed by atoms with Gasteiger partial charge in [-0.3, -0.25) is 0 Å². The molecule has 4 nitrogen and oxygen atoms in total. The van der Waals surface area contributed by atoms with E-state index in [-0.39, 0.29) is 6.03 Å². The second-order valence-corrected chi connectivity index (χ2v) is 4.00. The van der Waals surface area contributed by atoms with Gasteiger partial charge in [0.25, 0.3) is 0 Å². The molecule has 15 heavy (non-hydrogen) atoms.